The predicted octanol–water partition coefficient (Wildman–Crippen LogP) is 5.03. The molecule has 0 unspecified atom stereocenters. The molecule has 2 aliphatic rings. The number of ether oxygens (including phenoxy) is 1. The molecule has 1 saturated heterocycles. The van der Waals surface area contributed by atoms with E-state index >= 15 is 0 Å². The van der Waals surface area contributed by atoms with Gasteiger partial charge in [-0.1, -0.05) is 12.1 Å². The van der Waals surface area contributed by atoms with Crippen molar-refractivity contribution in [3.63, 3.8) is 0 Å². The third-order valence-electron chi connectivity index (χ3n) is 5.19. The summed E-state index contributed by atoms with van der Waals surface area (Å²) in [6, 6.07) is 10.6. The van der Waals surface area contributed by atoms with Gasteiger partial charge in [0.15, 0.2) is 0 Å². The minimum absolute atomic E-state index is 0.145. The first-order chi connectivity index (χ1) is 12.6. The molecule has 2 aromatic rings. The second-order valence-electron chi connectivity index (χ2n) is 7.33. The maximum absolute atomic E-state index is 13.5. The van der Waals surface area contributed by atoms with Crippen LogP contribution in [0.2, 0.25) is 0 Å². The van der Waals surface area contributed by atoms with Gasteiger partial charge in [0.05, 0.1) is 12.6 Å². The number of halogens is 1. The zero-order valence-corrected chi connectivity index (χ0v) is 15.8. The molecule has 0 N–H and O–H groups in total. The second-order valence-corrected chi connectivity index (χ2v) is 8.65. The van der Waals surface area contributed by atoms with E-state index in [-0.39, 0.29) is 23.9 Å². The molecule has 26 heavy (non-hydrogen) atoms. The van der Waals surface area contributed by atoms with Crippen molar-refractivity contribution in [2.75, 3.05) is 13.2 Å². The molecule has 3 nitrogen and oxygen atoms in total. The van der Waals surface area contributed by atoms with Crippen molar-refractivity contribution >= 4 is 17.2 Å². The summed E-state index contributed by atoms with van der Waals surface area (Å²) in [7, 11) is 0. The summed E-state index contributed by atoms with van der Waals surface area (Å²) in [5.74, 6) is 0.552. The van der Waals surface area contributed by atoms with E-state index in [0.29, 0.717) is 18.9 Å². The van der Waals surface area contributed by atoms with Crippen molar-refractivity contribution in [3.8, 4) is 0 Å². The van der Waals surface area contributed by atoms with Crippen LogP contribution in [0.5, 0.6) is 0 Å². The molecule has 2 heterocycles. The molecule has 5 heteroatoms. The van der Waals surface area contributed by atoms with E-state index in [2.05, 4.69) is 19.1 Å². The van der Waals surface area contributed by atoms with Crippen molar-refractivity contribution in [3.05, 3.63) is 57.5 Å². The molecule has 2 fully saturated rings. The van der Waals surface area contributed by atoms with E-state index in [1.807, 2.05) is 4.90 Å². The average Bonchev–Trinajstić information content (AvgIpc) is 3.22. The highest BCUT2D eigenvalue weighted by atomic mass is 32.1. The molecule has 0 bridgehead atoms. The van der Waals surface area contributed by atoms with Crippen LogP contribution in [0.15, 0.2) is 36.4 Å². The van der Waals surface area contributed by atoms with Crippen LogP contribution in [0.3, 0.4) is 0 Å². The minimum Gasteiger partial charge on any atom is -0.371 e. The van der Waals surface area contributed by atoms with Gasteiger partial charge in [-0.15, -0.1) is 11.3 Å². The SMILES string of the molecule is Cc1ccc([C@H]([C@H](OCC2CC2)c2ccc(F)cc2)N2CCCC2=O)s1. The van der Waals surface area contributed by atoms with Crippen LogP contribution >= 0.6 is 11.3 Å². The number of carbonyl (C=O) groups is 1. The summed E-state index contributed by atoms with van der Waals surface area (Å²) in [6.07, 6.45) is 3.64. The van der Waals surface area contributed by atoms with Gasteiger partial charge >= 0.3 is 0 Å². The van der Waals surface area contributed by atoms with Gasteiger partial charge in [-0.25, -0.2) is 4.39 Å². The number of hydrogen-bond donors (Lipinski definition) is 0. The zero-order chi connectivity index (χ0) is 18.1. The molecule has 1 amide bonds. The fourth-order valence-corrected chi connectivity index (χ4v) is 4.60. The summed E-state index contributed by atoms with van der Waals surface area (Å²) in [5, 5.41) is 0. The summed E-state index contributed by atoms with van der Waals surface area (Å²) < 4.78 is 19.8. The van der Waals surface area contributed by atoms with E-state index < -0.39 is 0 Å². The number of aryl methyl sites for hydroxylation is 1. The largest absolute Gasteiger partial charge is 0.371 e. The molecule has 1 aliphatic heterocycles. The first-order valence-electron chi connectivity index (χ1n) is 9.34. The van der Waals surface area contributed by atoms with Crippen LogP contribution in [0, 0.1) is 18.7 Å². The Morgan fingerprint density at radius 3 is 2.58 bits per heavy atom. The van der Waals surface area contributed by atoms with E-state index in [9.17, 15) is 9.18 Å². The summed E-state index contributed by atoms with van der Waals surface area (Å²) in [4.78, 5) is 16.9. The van der Waals surface area contributed by atoms with Crippen molar-refractivity contribution in [1.82, 2.24) is 4.90 Å². The normalized spacial score (nSPS) is 19.8. The lowest BCUT2D eigenvalue weighted by Gasteiger charge is -2.34. The highest BCUT2D eigenvalue weighted by Gasteiger charge is 2.38. The van der Waals surface area contributed by atoms with Gasteiger partial charge in [-0.3, -0.25) is 4.79 Å². The van der Waals surface area contributed by atoms with Crippen LogP contribution < -0.4 is 0 Å². The molecule has 1 aromatic carbocycles. The molecule has 138 valence electrons. The molecule has 0 radical (unpaired) electrons. The summed E-state index contributed by atoms with van der Waals surface area (Å²) in [6.45, 7) is 3.53. The van der Waals surface area contributed by atoms with Gasteiger partial charge < -0.3 is 9.64 Å². The first kappa shape index (κ1) is 17.7. The molecule has 2 atom stereocenters. The van der Waals surface area contributed by atoms with Gasteiger partial charge in [0.1, 0.15) is 11.9 Å². The third kappa shape index (κ3) is 3.84. The smallest absolute Gasteiger partial charge is 0.223 e. The topological polar surface area (TPSA) is 29.5 Å². The predicted molar refractivity (Wildman–Crippen MR) is 101 cm³/mol. The van der Waals surface area contributed by atoms with Crippen molar-refractivity contribution in [2.45, 2.75) is 44.8 Å². The van der Waals surface area contributed by atoms with Crippen LogP contribution in [0.1, 0.15) is 53.1 Å². The Balaban J connectivity index is 1.71. The average molecular weight is 373 g/mol. The Hall–Kier alpha value is -1.72. The number of nitrogens with zero attached hydrogens (tertiary/aromatic N) is 1. The fourth-order valence-electron chi connectivity index (χ4n) is 3.59. The Kier molecular flexibility index (Phi) is 5.09. The van der Waals surface area contributed by atoms with Gasteiger partial charge in [0, 0.05) is 22.7 Å². The van der Waals surface area contributed by atoms with Gasteiger partial charge in [-0.05, 0) is 61.9 Å². The number of likely N-dealkylation sites (tertiary alicyclic amines) is 1. The second kappa shape index (κ2) is 7.49. The Morgan fingerprint density at radius 1 is 1.23 bits per heavy atom. The number of amides is 1. The van der Waals surface area contributed by atoms with E-state index in [1.54, 1.807) is 23.5 Å². The highest BCUT2D eigenvalue weighted by Crippen LogP contribution is 2.43. The number of rotatable bonds is 7. The Bertz CT molecular complexity index is 769. The quantitative estimate of drug-likeness (QED) is 0.681. The maximum atomic E-state index is 13.5. The van der Waals surface area contributed by atoms with Crippen molar-refractivity contribution in [1.29, 1.82) is 0 Å². The lowest BCUT2D eigenvalue weighted by molar-refractivity contribution is -0.133. The molecule has 1 aromatic heterocycles. The number of carbonyl (C=O) groups excluding carboxylic acids is 1. The number of thiophene rings is 1. The van der Waals surface area contributed by atoms with Crippen LogP contribution in [-0.4, -0.2) is 24.0 Å². The van der Waals surface area contributed by atoms with Crippen molar-refractivity contribution in [2.24, 2.45) is 5.92 Å². The van der Waals surface area contributed by atoms with Gasteiger partial charge in [0.25, 0.3) is 0 Å². The van der Waals surface area contributed by atoms with Crippen LogP contribution in [-0.2, 0) is 9.53 Å². The first-order valence-corrected chi connectivity index (χ1v) is 10.2. The van der Waals surface area contributed by atoms with E-state index in [0.717, 1.165) is 23.4 Å². The van der Waals surface area contributed by atoms with Crippen LogP contribution in [0.4, 0.5) is 4.39 Å². The number of hydrogen-bond acceptors (Lipinski definition) is 3. The monoisotopic (exact) mass is 373 g/mol. The Morgan fingerprint density at radius 2 is 2.00 bits per heavy atom. The van der Waals surface area contributed by atoms with Crippen LogP contribution in [0.25, 0.3) is 0 Å². The van der Waals surface area contributed by atoms with Gasteiger partial charge in [-0.2, -0.15) is 0 Å². The summed E-state index contributed by atoms with van der Waals surface area (Å²) >= 11 is 1.71. The summed E-state index contributed by atoms with van der Waals surface area (Å²) in [5.41, 5.74) is 0.933. The minimum atomic E-state index is -0.267. The van der Waals surface area contributed by atoms with E-state index in [4.69, 9.17) is 4.74 Å². The fraction of sp³-hybridized carbons (Fsp3) is 0.476. The lowest BCUT2D eigenvalue weighted by Crippen LogP contribution is -2.34. The molecule has 0 spiro atoms. The molecular formula is C21H24FNO2S. The van der Waals surface area contributed by atoms with E-state index in [1.165, 1.54) is 29.9 Å². The molecule has 1 aliphatic carbocycles. The van der Waals surface area contributed by atoms with Crippen molar-refractivity contribution < 1.29 is 13.9 Å². The molecule has 4 rings (SSSR count). The van der Waals surface area contributed by atoms with Gasteiger partial charge in [0.2, 0.25) is 5.91 Å². The number of benzene rings is 1. The highest BCUT2D eigenvalue weighted by molar-refractivity contribution is 7.12. The molecular weight excluding hydrogens is 349 g/mol. The molecule has 1 saturated carbocycles. The zero-order valence-electron chi connectivity index (χ0n) is 15.0. The lowest BCUT2D eigenvalue weighted by atomic mass is 9.99. The Labute approximate surface area is 157 Å². The standard InChI is InChI=1S/C21H24FNO2S/c1-14-4-11-18(26-14)20(23-12-2-3-19(23)24)21(25-13-15-5-6-15)16-7-9-17(22)10-8-16/h4,7-11,15,20-21H,2-3,5-6,12-13H2,1H3/t20-,21-/m1/s1. The maximum Gasteiger partial charge on any atom is 0.223 e. The third-order valence-corrected chi connectivity index (χ3v) is 6.26.